The molecule has 1 unspecified atom stereocenters. The van der Waals surface area contributed by atoms with Crippen LogP contribution in [0.25, 0.3) is 0 Å². The van der Waals surface area contributed by atoms with Crippen LogP contribution in [0.4, 0.5) is 0 Å². The predicted molar refractivity (Wildman–Crippen MR) is 53.5 cm³/mol. The van der Waals surface area contributed by atoms with Gasteiger partial charge < -0.3 is 4.74 Å². The van der Waals surface area contributed by atoms with Crippen LogP contribution in [0.5, 0.6) is 0 Å². The fourth-order valence-electron chi connectivity index (χ4n) is 2.35. The molecule has 0 aromatic carbocycles. The van der Waals surface area contributed by atoms with Crippen molar-refractivity contribution >= 4 is 15.9 Å². The zero-order valence-corrected chi connectivity index (χ0v) is 9.17. The van der Waals surface area contributed by atoms with Gasteiger partial charge in [0.1, 0.15) is 0 Å². The lowest BCUT2D eigenvalue weighted by atomic mass is 9.65. The smallest absolute Gasteiger partial charge is 0.0642 e. The Morgan fingerprint density at radius 3 is 2.83 bits per heavy atom. The molecule has 3 rings (SSSR count). The summed E-state index contributed by atoms with van der Waals surface area (Å²) in [5, 5.41) is 0. The van der Waals surface area contributed by atoms with E-state index in [0.717, 1.165) is 0 Å². The minimum Gasteiger partial charge on any atom is -0.381 e. The van der Waals surface area contributed by atoms with E-state index in [9.17, 15) is 0 Å². The molecule has 0 aliphatic heterocycles. The Hall–Kier alpha value is 0.180. The van der Waals surface area contributed by atoms with Crippen LogP contribution in [0.3, 0.4) is 0 Å². The average Bonchev–Trinajstić information content (AvgIpc) is 2.07. The maximum Gasteiger partial charge on any atom is 0.0642 e. The Morgan fingerprint density at radius 2 is 2.33 bits per heavy atom. The van der Waals surface area contributed by atoms with Crippen molar-refractivity contribution in [1.82, 2.24) is 0 Å². The van der Waals surface area contributed by atoms with Crippen molar-refractivity contribution in [1.29, 1.82) is 0 Å². The molecule has 12 heavy (non-hydrogen) atoms. The summed E-state index contributed by atoms with van der Waals surface area (Å²) in [6.07, 6.45) is 7.53. The van der Waals surface area contributed by atoms with E-state index in [2.05, 4.69) is 35.0 Å². The molecule has 0 amide bonds. The SMILES string of the molecule is COC1C[C@@]2(C)C=C[C@@H]1C[C@H]2Br. The molecule has 1 nitrogen and oxygen atoms in total. The van der Waals surface area contributed by atoms with Crippen LogP contribution < -0.4 is 0 Å². The molecule has 0 saturated heterocycles. The van der Waals surface area contributed by atoms with E-state index in [1.165, 1.54) is 12.8 Å². The molecule has 0 aromatic rings. The third-order valence-corrected chi connectivity index (χ3v) is 4.76. The van der Waals surface area contributed by atoms with E-state index in [1.807, 2.05) is 7.11 Å². The van der Waals surface area contributed by atoms with Gasteiger partial charge in [-0.05, 0) is 12.8 Å². The summed E-state index contributed by atoms with van der Waals surface area (Å²) < 4.78 is 5.47. The first-order chi connectivity index (χ1) is 5.65. The summed E-state index contributed by atoms with van der Waals surface area (Å²) >= 11 is 3.75. The molecular formula is C10H15BrO. The highest BCUT2D eigenvalue weighted by Crippen LogP contribution is 2.49. The van der Waals surface area contributed by atoms with Crippen LogP contribution in [0.1, 0.15) is 19.8 Å². The number of fused-ring (bicyclic) bond motifs is 2. The minimum atomic E-state index is 0.329. The van der Waals surface area contributed by atoms with Gasteiger partial charge in [-0.25, -0.2) is 0 Å². The van der Waals surface area contributed by atoms with Crippen molar-refractivity contribution in [2.45, 2.75) is 30.7 Å². The second kappa shape index (κ2) is 2.85. The molecule has 4 atom stereocenters. The molecule has 2 bridgehead atoms. The number of methoxy groups -OCH3 is 1. The van der Waals surface area contributed by atoms with Crippen LogP contribution >= 0.6 is 15.9 Å². The van der Waals surface area contributed by atoms with Gasteiger partial charge in [-0.1, -0.05) is 35.0 Å². The number of allylic oxidation sites excluding steroid dienone is 1. The summed E-state index contributed by atoms with van der Waals surface area (Å²) in [5.74, 6) is 0.640. The van der Waals surface area contributed by atoms with Crippen molar-refractivity contribution in [2.24, 2.45) is 11.3 Å². The molecule has 1 fully saturated rings. The second-order valence-electron chi connectivity index (χ2n) is 4.21. The first-order valence-corrected chi connectivity index (χ1v) is 5.43. The van der Waals surface area contributed by atoms with Crippen molar-refractivity contribution in [2.75, 3.05) is 7.11 Å². The Balaban J connectivity index is 2.24. The van der Waals surface area contributed by atoms with Crippen molar-refractivity contribution < 1.29 is 4.74 Å². The van der Waals surface area contributed by atoms with Crippen molar-refractivity contribution in [3.8, 4) is 0 Å². The summed E-state index contributed by atoms with van der Waals surface area (Å²) in [4.78, 5) is 0.645. The lowest BCUT2D eigenvalue weighted by molar-refractivity contribution is 0.000903. The highest BCUT2D eigenvalue weighted by molar-refractivity contribution is 9.09. The van der Waals surface area contributed by atoms with E-state index in [0.29, 0.717) is 22.3 Å². The molecule has 3 aliphatic rings. The van der Waals surface area contributed by atoms with Crippen LogP contribution in [0.15, 0.2) is 12.2 Å². The summed E-state index contributed by atoms with van der Waals surface area (Å²) in [6.45, 7) is 2.31. The standard InChI is InChI=1S/C10H15BrO/c1-10-4-3-7(5-9(10)11)8(6-10)12-2/h3-4,7-9H,5-6H2,1-2H3/t7-,8?,9-,10-/m1/s1. The fraction of sp³-hybridized carbons (Fsp3) is 0.800. The van der Waals surface area contributed by atoms with E-state index >= 15 is 0 Å². The van der Waals surface area contributed by atoms with E-state index in [1.54, 1.807) is 0 Å². The normalized spacial score (nSPS) is 51.4. The molecular weight excluding hydrogens is 216 g/mol. The number of rotatable bonds is 1. The molecule has 68 valence electrons. The molecule has 0 N–H and O–H groups in total. The lowest BCUT2D eigenvalue weighted by Crippen LogP contribution is -2.45. The van der Waals surface area contributed by atoms with Gasteiger partial charge in [0.25, 0.3) is 0 Å². The van der Waals surface area contributed by atoms with E-state index < -0.39 is 0 Å². The topological polar surface area (TPSA) is 9.23 Å². The number of ether oxygens (including phenoxy) is 1. The molecule has 1 saturated carbocycles. The third kappa shape index (κ3) is 1.16. The predicted octanol–water partition coefficient (Wildman–Crippen LogP) is 2.75. The first kappa shape index (κ1) is 8.76. The zero-order valence-electron chi connectivity index (χ0n) is 7.59. The van der Waals surface area contributed by atoms with Crippen LogP contribution in [-0.4, -0.2) is 18.0 Å². The van der Waals surface area contributed by atoms with Crippen LogP contribution in [0, 0.1) is 11.3 Å². The fourth-order valence-corrected chi connectivity index (χ4v) is 3.12. The third-order valence-electron chi connectivity index (χ3n) is 3.34. The molecule has 0 radical (unpaired) electrons. The van der Waals surface area contributed by atoms with Gasteiger partial charge in [-0.2, -0.15) is 0 Å². The molecule has 0 aromatic heterocycles. The van der Waals surface area contributed by atoms with Crippen LogP contribution in [0.2, 0.25) is 0 Å². The number of alkyl halides is 1. The number of halogens is 1. The quantitative estimate of drug-likeness (QED) is 0.498. The average molecular weight is 231 g/mol. The molecule has 0 spiro atoms. The largest absolute Gasteiger partial charge is 0.381 e. The summed E-state index contributed by atoms with van der Waals surface area (Å²) in [5.41, 5.74) is 0.329. The summed E-state index contributed by atoms with van der Waals surface area (Å²) in [6, 6.07) is 0. The molecule has 3 aliphatic carbocycles. The Bertz CT molecular complexity index is 214. The number of hydrogen-bond acceptors (Lipinski definition) is 1. The monoisotopic (exact) mass is 230 g/mol. The summed E-state index contributed by atoms with van der Waals surface area (Å²) in [7, 11) is 1.83. The van der Waals surface area contributed by atoms with Gasteiger partial charge in [0.2, 0.25) is 0 Å². The Kier molecular flexibility index (Phi) is 2.08. The van der Waals surface area contributed by atoms with Gasteiger partial charge in [-0.15, -0.1) is 0 Å². The highest BCUT2D eigenvalue weighted by Gasteiger charge is 2.45. The Morgan fingerprint density at radius 1 is 1.58 bits per heavy atom. The second-order valence-corrected chi connectivity index (χ2v) is 5.32. The van der Waals surface area contributed by atoms with Gasteiger partial charge in [0.15, 0.2) is 0 Å². The van der Waals surface area contributed by atoms with E-state index in [-0.39, 0.29) is 0 Å². The van der Waals surface area contributed by atoms with Gasteiger partial charge >= 0.3 is 0 Å². The lowest BCUT2D eigenvalue weighted by Gasteiger charge is -2.47. The van der Waals surface area contributed by atoms with Gasteiger partial charge in [0.05, 0.1) is 6.10 Å². The van der Waals surface area contributed by atoms with Gasteiger partial charge in [0, 0.05) is 23.3 Å². The first-order valence-electron chi connectivity index (χ1n) is 4.52. The minimum absolute atomic E-state index is 0.329. The Labute approximate surface area is 82.3 Å². The number of hydrogen-bond donors (Lipinski definition) is 0. The zero-order chi connectivity index (χ0) is 8.77. The molecule has 0 heterocycles. The van der Waals surface area contributed by atoms with Crippen molar-refractivity contribution in [3.05, 3.63) is 12.2 Å². The maximum atomic E-state index is 5.47. The molecule has 2 heteroatoms. The maximum absolute atomic E-state index is 5.47. The van der Waals surface area contributed by atoms with E-state index in [4.69, 9.17) is 4.74 Å². The van der Waals surface area contributed by atoms with Crippen LogP contribution in [-0.2, 0) is 4.74 Å². The van der Waals surface area contributed by atoms with Crippen molar-refractivity contribution in [3.63, 3.8) is 0 Å². The highest BCUT2D eigenvalue weighted by atomic mass is 79.9. The van der Waals surface area contributed by atoms with Gasteiger partial charge in [-0.3, -0.25) is 0 Å².